The number of hydrogen-bond donors (Lipinski definition) is 1. The highest BCUT2D eigenvalue weighted by atomic mass is 35.5. The van der Waals surface area contributed by atoms with Gasteiger partial charge in [0.15, 0.2) is 0 Å². The van der Waals surface area contributed by atoms with Gasteiger partial charge in [0.05, 0.1) is 25.3 Å². The van der Waals surface area contributed by atoms with Gasteiger partial charge in [-0.2, -0.15) is 0 Å². The van der Waals surface area contributed by atoms with Crippen LogP contribution in [0.5, 0.6) is 0 Å². The van der Waals surface area contributed by atoms with Crippen LogP contribution in [0.3, 0.4) is 0 Å². The molecule has 3 rings (SSSR count). The number of urea groups is 1. The molecular weight excluding hydrogens is 395 g/mol. The summed E-state index contributed by atoms with van der Waals surface area (Å²) in [6.45, 7) is -14.8. The van der Waals surface area contributed by atoms with E-state index in [0.717, 1.165) is 0 Å². The largest absolute Gasteiger partial charge is 0.368 e. The molecule has 0 aromatic heterocycles. The van der Waals surface area contributed by atoms with E-state index in [1.165, 1.54) is 4.90 Å². The predicted octanol–water partition coefficient (Wildman–Crippen LogP) is 4.34. The Morgan fingerprint density at radius 2 is 1.93 bits per heavy atom. The van der Waals surface area contributed by atoms with E-state index in [9.17, 15) is 4.79 Å². The van der Waals surface area contributed by atoms with Crippen molar-refractivity contribution >= 4 is 34.9 Å². The third-order valence-electron chi connectivity index (χ3n) is 4.57. The zero-order valence-corrected chi connectivity index (χ0v) is 17.2. The molecule has 1 N–H and O–H groups in total. The van der Waals surface area contributed by atoms with Crippen LogP contribution in [0.25, 0.3) is 0 Å². The van der Waals surface area contributed by atoms with Crippen LogP contribution in [0.4, 0.5) is 10.5 Å². The van der Waals surface area contributed by atoms with Gasteiger partial charge in [0.25, 0.3) is 0 Å². The Kier molecular flexibility index (Phi) is 3.67. The number of hydrogen-bond acceptors (Lipinski definition) is 3. The van der Waals surface area contributed by atoms with Gasteiger partial charge < -0.3 is 15.1 Å². The third kappa shape index (κ3) is 5.68. The Morgan fingerprint density at radius 3 is 2.57 bits per heavy atom. The van der Waals surface area contributed by atoms with Crippen molar-refractivity contribution in [2.45, 2.75) is 38.1 Å². The predicted molar refractivity (Wildman–Crippen MR) is 118 cm³/mol. The molecule has 0 spiro atoms. The molecule has 2 aliphatic rings. The van der Waals surface area contributed by atoms with Crippen LogP contribution in [-0.2, 0) is 0 Å². The average Bonchev–Trinajstić information content (AvgIpc) is 2.86. The maximum atomic E-state index is 12.0. The summed E-state index contributed by atoms with van der Waals surface area (Å²) < 4.78 is 111. The van der Waals surface area contributed by atoms with Crippen molar-refractivity contribution in [1.82, 2.24) is 15.1 Å². The first-order valence-electron chi connectivity index (χ1n) is 15.4. The fourth-order valence-corrected chi connectivity index (χ4v) is 3.26. The molecule has 7 heteroatoms. The number of halogens is 2. The fraction of sp³-hybridized carbons (Fsp3) is 0.667. The van der Waals surface area contributed by atoms with E-state index in [0.29, 0.717) is 12.8 Å². The number of amides is 2. The van der Waals surface area contributed by atoms with Gasteiger partial charge in [-0.3, -0.25) is 4.90 Å². The summed E-state index contributed by atoms with van der Waals surface area (Å²) in [4.78, 5) is 13.5. The summed E-state index contributed by atoms with van der Waals surface area (Å²) in [6, 6.07) is -3.01. The zero-order valence-electron chi connectivity index (χ0n) is 28.7. The number of rotatable bonds is 5. The number of nitrogens with one attached hydrogen (secondary N) is 1. The molecule has 2 fully saturated rings. The minimum absolute atomic E-state index is 0.00126. The molecule has 0 bridgehead atoms. The molecule has 0 atom stereocenters. The van der Waals surface area contributed by atoms with Crippen molar-refractivity contribution in [3.05, 3.63) is 28.2 Å². The summed E-state index contributed by atoms with van der Waals surface area (Å²) in [6.07, 6.45) is -0.954. The molecule has 1 aromatic carbocycles. The van der Waals surface area contributed by atoms with Gasteiger partial charge in [-0.25, -0.2) is 4.79 Å². The minimum atomic E-state index is -3.48. The Morgan fingerprint density at radius 1 is 1.25 bits per heavy atom. The Hall–Kier alpha value is -1.17. The molecule has 5 nitrogen and oxygen atoms in total. The third-order valence-corrected chi connectivity index (χ3v) is 5.32. The minimum Gasteiger partial charge on any atom is -0.368 e. The van der Waals surface area contributed by atoms with Gasteiger partial charge in [0, 0.05) is 54.3 Å². The summed E-state index contributed by atoms with van der Waals surface area (Å²) in [5.41, 5.74) is -0.902. The van der Waals surface area contributed by atoms with E-state index in [1.807, 2.05) is 0 Å². The molecule has 1 aliphatic carbocycles. The number of carbonyl (C=O) groups is 1. The fourth-order valence-electron chi connectivity index (χ4n) is 2.95. The van der Waals surface area contributed by atoms with Crippen molar-refractivity contribution in [2.75, 3.05) is 51.5 Å². The van der Waals surface area contributed by atoms with Crippen LogP contribution < -0.4 is 10.2 Å². The first kappa shape index (κ1) is 10.2. The average molecular weight is 440 g/mol. The molecule has 0 unspecified atom stereocenters. The first-order chi connectivity index (χ1) is 18.4. The van der Waals surface area contributed by atoms with Crippen molar-refractivity contribution in [1.29, 1.82) is 0 Å². The van der Waals surface area contributed by atoms with Crippen molar-refractivity contribution in [3.8, 4) is 0 Å². The van der Waals surface area contributed by atoms with Gasteiger partial charge in [-0.15, -0.1) is 0 Å². The molecule has 1 saturated carbocycles. The van der Waals surface area contributed by atoms with Gasteiger partial charge >= 0.3 is 6.03 Å². The lowest BCUT2D eigenvalue weighted by Crippen LogP contribution is -2.47. The van der Waals surface area contributed by atoms with Crippen LogP contribution in [0.2, 0.25) is 10.0 Å². The highest BCUT2D eigenvalue weighted by Crippen LogP contribution is 2.33. The number of anilines is 1. The van der Waals surface area contributed by atoms with Gasteiger partial charge in [0.2, 0.25) is 0 Å². The monoisotopic (exact) mass is 439 g/mol. The van der Waals surface area contributed by atoms with E-state index in [4.69, 9.17) is 41.0 Å². The molecule has 2 amide bonds. The summed E-state index contributed by atoms with van der Waals surface area (Å²) >= 11 is 12.2. The van der Waals surface area contributed by atoms with Crippen molar-refractivity contribution in [2.24, 2.45) is 5.92 Å². The Balaban J connectivity index is 2.00. The van der Waals surface area contributed by atoms with E-state index >= 15 is 0 Å². The first-order valence-corrected chi connectivity index (χ1v) is 9.70. The lowest BCUT2D eigenvalue weighted by molar-refractivity contribution is 0.194. The molecule has 156 valence electrons. The van der Waals surface area contributed by atoms with Crippen molar-refractivity contribution in [3.63, 3.8) is 0 Å². The number of nitrogens with zero attached hydrogens (tertiary/aromatic N) is 3. The summed E-state index contributed by atoms with van der Waals surface area (Å²) in [5, 5.41) is 1.49. The smallest absolute Gasteiger partial charge is 0.317 e. The molecule has 1 aromatic rings. The van der Waals surface area contributed by atoms with Gasteiger partial charge in [0.1, 0.15) is 0 Å². The highest BCUT2D eigenvalue weighted by molar-refractivity contribution is 6.43. The molecule has 1 saturated heterocycles. The quantitative estimate of drug-likeness (QED) is 0.741. The number of piperazine rings is 1. The number of carbonyl (C=O) groups excluding carboxylic acids is 1. The van der Waals surface area contributed by atoms with Gasteiger partial charge in [-0.1, -0.05) is 29.2 Å². The second kappa shape index (κ2) is 10.0. The SMILES string of the molecule is [2H]c1c([2H])c(Cl)c(Cl)c(N2C([2H])([2H])C([2H])([2H])N(CC([2H])([2H])C3CCC(NC(=O)N(C)C)CC3)C([2H])([2H])C2([2H])[2H])c1[2H]. The summed E-state index contributed by atoms with van der Waals surface area (Å²) in [7, 11) is 3.17. The second-order valence-corrected chi connectivity index (χ2v) is 7.57. The topological polar surface area (TPSA) is 38.8 Å². The maximum Gasteiger partial charge on any atom is 0.317 e. The van der Waals surface area contributed by atoms with Crippen LogP contribution in [-0.4, -0.2) is 68.5 Å². The normalized spacial score (nSPS) is 38.0. The lowest BCUT2D eigenvalue weighted by Gasteiger charge is -2.37. The van der Waals surface area contributed by atoms with Crippen LogP contribution >= 0.6 is 23.2 Å². The van der Waals surface area contributed by atoms with E-state index in [1.54, 1.807) is 14.1 Å². The molecule has 28 heavy (non-hydrogen) atoms. The van der Waals surface area contributed by atoms with Crippen LogP contribution in [0.1, 0.15) is 49.9 Å². The van der Waals surface area contributed by atoms with E-state index in [-0.39, 0.29) is 34.7 Å². The molecule has 1 aliphatic heterocycles. The van der Waals surface area contributed by atoms with E-state index < -0.39 is 78.7 Å². The second-order valence-electron chi connectivity index (χ2n) is 6.82. The lowest BCUT2D eigenvalue weighted by atomic mass is 9.84. The Bertz CT molecular complexity index is 1140. The van der Waals surface area contributed by atoms with E-state index in [2.05, 4.69) is 5.32 Å². The molecular formula is C21H32Cl2N4O. The maximum absolute atomic E-state index is 12.0. The summed E-state index contributed by atoms with van der Waals surface area (Å²) in [5.74, 6) is -0.722. The number of benzene rings is 1. The van der Waals surface area contributed by atoms with Crippen LogP contribution in [0, 0.1) is 5.92 Å². The Labute approximate surface area is 197 Å². The zero-order chi connectivity index (χ0) is 31.7. The molecule has 0 radical (unpaired) electrons. The van der Waals surface area contributed by atoms with Crippen LogP contribution in [0.15, 0.2) is 18.1 Å². The highest BCUT2D eigenvalue weighted by Gasteiger charge is 2.24. The standard InChI is InChI=1S/C21H32Cl2N4O/c1-25(2)21(28)24-17-8-6-16(7-9-17)10-11-26-12-14-27(15-13-26)19-5-3-4-18(22)20(19)23/h3-5,16-17H,6-15H2,1-2H3,(H,24,28)/i3D,4D,5D,10D2,12D2,13D2,14D2,15D2. The van der Waals surface area contributed by atoms with Gasteiger partial charge in [-0.05, 0) is 56.6 Å². The van der Waals surface area contributed by atoms with Crippen molar-refractivity contribution < 1.29 is 22.6 Å². The molecule has 1 heterocycles.